The fourth-order valence-corrected chi connectivity index (χ4v) is 3.20. The maximum absolute atomic E-state index is 11.9. The zero-order chi connectivity index (χ0) is 15.9. The first-order chi connectivity index (χ1) is 10.6. The Bertz CT molecular complexity index is 539. The van der Waals surface area contributed by atoms with Crippen LogP contribution in [0.5, 0.6) is 5.75 Å². The summed E-state index contributed by atoms with van der Waals surface area (Å²) in [6, 6.07) is 6.57. The van der Waals surface area contributed by atoms with Crippen molar-refractivity contribution in [1.82, 2.24) is 10.6 Å². The lowest BCUT2D eigenvalue weighted by atomic mass is 10.1. The molecule has 0 bridgehead atoms. The fraction of sp³-hybridized carbons (Fsp3) is 0.467. The molecule has 2 amide bonds. The Labute approximate surface area is 134 Å². The molecule has 1 fully saturated rings. The third kappa shape index (κ3) is 5.23. The summed E-state index contributed by atoms with van der Waals surface area (Å²) in [7, 11) is 0. The molecular formula is C15H21N3O3S. The van der Waals surface area contributed by atoms with Gasteiger partial charge in [0.25, 0.3) is 0 Å². The van der Waals surface area contributed by atoms with Crippen molar-refractivity contribution in [3.05, 3.63) is 24.3 Å². The van der Waals surface area contributed by atoms with E-state index < -0.39 is 0 Å². The monoisotopic (exact) mass is 323 g/mol. The highest BCUT2D eigenvalue weighted by molar-refractivity contribution is 8.00. The van der Waals surface area contributed by atoms with Crippen LogP contribution in [0.15, 0.2) is 24.3 Å². The molecule has 2 unspecified atom stereocenters. The van der Waals surface area contributed by atoms with Gasteiger partial charge in [0, 0.05) is 24.2 Å². The van der Waals surface area contributed by atoms with Gasteiger partial charge in [0.15, 0.2) is 0 Å². The van der Waals surface area contributed by atoms with Crippen LogP contribution in [0.2, 0.25) is 0 Å². The van der Waals surface area contributed by atoms with Gasteiger partial charge < -0.3 is 15.7 Å². The molecule has 0 spiro atoms. The molecule has 6 nitrogen and oxygen atoms in total. The van der Waals surface area contributed by atoms with Gasteiger partial charge in [0.1, 0.15) is 11.2 Å². The predicted molar refractivity (Wildman–Crippen MR) is 87.6 cm³/mol. The number of amides is 2. The van der Waals surface area contributed by atoms with Crippen molar-refractivity contribution >= 4 is 29.3 Å². The molecule has 1 heterocycles. The number of hydrogen-bond acceptors (Lipinski definition) is 5. The number of nitrogens with one attached hydrogen (secondary N) is 3. The smallest absolute Gasteiger partial charge is 0.234 e. The average Bonchev–Trinajstić information content (AvgIpc) is 2.45. The molecule has 1 aromatic rings. The molecule has 4 N–H and O–H groups in total. The molecule has 1 aromatic carbocycles. The molecule has 2 rings (SSSR count). The maximum atomic E-state index is 11.9. The van der Waals surface area contributed by atoms with Gasteiger partial charge in [0.2, 0.25) is 11.8 Å². The quantitative estimate of drug-likeness (QED) is 0.639. The molecule has 120 valence electrons. The molecule has 7 heteroatoms. The van der Waals surface area contributed by atoms with Crippen LogP contribution < -0.4 is 16.0 Å². The first kappa shape index (κ1) is 16.6. The highest BCUT2D eigenvalue weighted by atomic mass is 32.2. The highest BCUT2D eigenvalue weighted by Gasteiger charge is 2.25. The molecule has 0 aliphatic carbocycles. The minimum atomic E-state index is -0.243. The zero-order valence-corrected chi connectivity index (χ0v) is 13.3. The van der Waals surface area contributed by atoms with E-state index in [0.29, 0.717) is 12.1 Å². The van der Waals surface area contributed by atoms with Crippen molar-refractivity contribution in [2.24, 2.45) is 0 Å². The summed E-state index contributed by atoms with van der Waals surface area (Å²) < 4.78 is 0. The lowest BCUT2D eigenvalue weighted by molar-refractivity contribution is -0.123. The topological polar surface area (TPSA) is 90.5 Å². The Morgan fingerprint density at radius 1 is 1.50 bits per heavy atom. The van der Waals surface area contributed by atoms with Crippen LogP contribution in [0, 0.1) is 0 Å². The highest BCUT2D eigenvalue weighted by Crippen LogP contribution is 2.17. The van der Waals surface area contributed by atoms with Gasteiger partial charge >= 0.3 is 0 Å². The van der Waals surface area contributed by atoms with Gasteiger partial charge in [-0.2, -0.15) is 0 Å². The van der Waals surface area contributed by atoms with Crippen LogP contribution in [0.25, 0.3) is 0 Å². The maximum Gasteiger partial charge on any atom is 0.234 e. The molecule has 2 atom stereocenters. The Morgan fingerprint density at radius 2 is 2.32 bits per heavy atom. The minimum absolute atomic E-state index is 0.0167. The molecule has 0 saturated carbocycles. The van der Waals surface area contributed by atoms with E-state index in [0.717, 1.165) is 12.8 Å². The van der Waals surface area contributed by atoms with E-state index in [1.807, 2.05) is 0 Å². The Kier molecular flexibility index (Phi) is 6.09. The molecule has 0 aromatic heterocycles. The second-order valence-electron chi connectivity index (χ2n) is 5.21. The Morgan fingerprint density at radius 3 is 3.05 bits per heavy atom. The summed E-state index contributed by atoms with van der Waals surface area (Å²) in [6.07, 6.45) is 2.45. The second-order valence-corrected chi connectivity index (χ2v) is 6.31. The van der Waals surface area contributed by atoms with Gasteiger partial charge in [-0.25, -0.2) is 0 Å². The molecule has 1 aliphatic rings. The SMILES string of the molecule is CCCC1CC(=O)NC(SCC(=O)Nc2cccc(O)c2)N1. The number of carbonyl (C=O) groups is 2. The summed E-state index contributed by atoms with van der Waals surface area (Å²) in [6.45, 7) is 2.08. The number of hydrogen-bond donors (Lipinski definition) is 4. The lowest BCUT2D eigenvalue weighted by Crippen LogP contribution is -2.54. The van der Waals surface area contributed by atoms with Gasteiger partial charge in [-0.05, 0) is 18.6 Å². The first-order valence-corrected chi connectivity index (χ1v) is 8.37. The normalized spacial score (nSPS) is 21.2. The van der Waals surface area contributed by atoms with E-state index in [4.69, 9.17) is 0 Å². The second kappa shape index (κ2) is 8.05. The number of thioether (sulfide) groups is 1. The van der Waals surface area contributed by atoms with Gasteiger partial charge in [-0.3, -0.25) is 14.9 Å². The lowest BCUT2D eigenvalue weighted by Gasteiger charge is -2.30. The molecule has 22 heavy (non-hydrogen) atoms. The summed E-state index contributed by atoms with van der Waals surface area (Å²) in [5.41, 5.74) is 0.308. The van der Waals surface area contributed by atoms with E-state index in [2.05, 4.69) is 22.9 Å². The number of carbonyl (C=O) groups excluding carboxylic acids is 2. The van der Waals surface area contributed by atoms with Crippen LogP contribution in [-0.4, -0.2) is 34.2 Å². The van der Waals surface area contributed by atoms with Crippen molar-refractivity contribution in [1.29, 1.82) is 0 Å². The van der Waals surface area contributed by atoms with E-state index in [9.17, 15) is 14.7 Å². The van der Waals surface area contributed by atoms with Crippen molar-refractivity contribution in [3.8, 4) is 5.75 Å². The van der Waals surface area contributed by atoms with Crippen LogP contribution >= 0.6 is 11.8 Å². The van der Waals surface area contributed by atoms with Crippen molar-refractivity contribution in [3.63, 3.8) is 0 Å². The summed E-state index contributed by atoms with van der Waals surface area (Å²) in [5.74, 6) is 0.160. The Hall–Kier alpha value is -1.73. The number of anilines is 1. The van der Waals surface area contributed by atoms with Crippen molar-refractivity contribution < 1.29 is 14.7 Å². The molecule has 0 radical (unpaired) electrons. The zero-order valence-electron chi connectivity index (χ0n) is 12.5. The molecule has 1 aliphatic heterocycles. The van der Waals surface area contributed by atoms with Crippen LogP contribution in [0.4, 0.5) is 5.69 Å². The van der Waals surface area contributed by atoms with Crippen LogP contribution in [0.1, 0.15) is 26.2 Å². The number of phenols is 1. The van der Waals surface area contributed by atoms with Gasteiger partial charge in [-0.15, -0.1) is 11.8 Å². The third-order valence-electron chi connectivity index (χ3n) is 3.26. The predicted octanol–water partition coefficient (Wildman–Crippen LogP) is 1.63. The van der Waals surface area contributed by atoms with E-state index in [-0.39, 0.29) is 34.9 Å². The summed E-state index contributed by atoms with van der Waals surface area (Å²) in [4.78, 5) is 23.5. The number of aromatic hydroxyl groups is 1. The largest absolute Gasteiger partial charge is 0.508 e. The van der Waals surface area contributed by atoms with Crippen molar-refractivity contribution in [2.45, 2.75) is 37.7 Å². The fourth-order valence-electron chi connectivity index (χ4n) is 2.31. The van der Waals surface area contributed by atoms with E-state index in [1.54, 1.807) is 18.2 Å². The summed E-state index contributed by atoms with van der Waals surface area (Å²) >= 11 is 1.34. The van der Waals surface area contributed by atoms with Crippen molar-refractivity contribution in [2.75, 3.05) is 11.1 Å². The van der Waals surface area contributed by atoms with Crippen LogP contribution in [0.3, 0.4) is 0 Å². The summed E-state index contributed by atoms with van der Waals surface area (Å²) in [5, 5.41) is 18.2. The Balaban J connectivity index is 1.79. The number of benzene rings is 1. The van der Waals surface area contributed by atoms with Crippen LogP contribution in [-0.2, 0) is 9.59 Å². The minimum Gasteiger partial charge on any atom is -0.508 e. The molecular weight excluding hydrogens is 302 g/mol. The number of rotatable bonds is 6. The van der Waals surface area contributed by atoms with Gasteiger partial charge in [-0.1, -0.05) is 19.4 Å². The van der Waals surface area contributed by atoms with Gasteiger partial charge in [0.05, 0.1) is 5.75 Å². The average molecular weight is 323 g/mol. The van der Waals surface area contributed by atoms with E-state index >= 15 is 0 Å². The molecule has 1 saturated heterocycles. The number of phenolic OH excluding ortho intramolecular Hbond substituents is 1. The van der Waals surface area contributed by atoms with E-state index in [1.165, 1.54) is 17.8 Å². The first-order valence-electron chi connectivity index (χ1n) is 7.32. The standard InChI is InChI=1S/C15H21N3O3S/c1-2-4-10-8-13(20)18-15(17-10)22-9-14(21)16-11-5-3-6-12(19)7-11/h3,5-7,10,15,17,19H,2,4,8-9H2,1H3,(H,16,21)(H,18,20). The third-order valence-corrected chi connectivity index (χ3v) is 4.28.